The Bertz CT molecular complexity index is 603. The quantitative estimate of drug-likeness (QED) is 0.736. The Labute approximate surface area is 165 Å². The van der Waals surface area contributed by atoms with E-state index in [1.54, 1.807) is 0 Å². The third kappa shape index (κ3) is 5.18. The van der Waals surface area contributed by atoms with Crippen LogP contribution in [-0.4, -0.2) is 34.0 Å². The van der Waals surface area contributed by atoms with Crippen LogP contribution in [0.5, 0.6) is 0 Å². The maximum absolute atomic E-state index is 6.81. The maximum Gasteiger partial charge on any atom is 0.243 e. The molecule has 1 unspecified atom stereocenters. The van der Waals surface area contributed by atoms with Crippen molar-refractivity contribution >= 4 is 31.8 Å². The van der Waals surface area contributed by atoms with Gasteiger partial charge in [0, 0.05) is 6.54 Å². The summed E-state index contributed by atoms with van der Waals surface area (Å²) < 4.78 is 13.0. The van der Waals surface area contributed by atoms with Crippen molar-refractivity contribution in [3.05, 3.63) is 60.7 Å². The van der Waals surface area contributed by atoms with Crippen molar-refractivity contribution in [3.63, 3.8) is 0 Å². The van der Waals surface area contributed by atoms with Gasteiger partial charge in [-0.2, -0.15) is 0 Å². The minimum Gasteiger partial charge on any atom is -0.383 e. The first-order chi connectivity index (χ1) is 12.2. The molecular weight excluding hydrogens is 362 g/mol. The first-order valence-electron chi connectivity index (χ1n) is 9.38. The van der Waals surface area contributed by atoms with E-state index in [0.717, 1.165) is 13.0 Å². The fourth-order valence-corrected chi connectivity index (χ4v) is 5.98. The van der Waals surface area contributed by atoms with Gasteiger partial charge in [0.25, 0.3) is 0 Å². The van der Waals surface area contributed by atoms with Crippen LogP contribution in [0.25, 0.3) is 0 Å². The van der Waals surface area contributed by atoms with Crippen molar-refractivity contribution in [2.75, 3.05) is 13.2 Å². The van der Waals surface area contributed by atoms with E-state index in [1.165, 1.54) is 23.2 Å². The fourth-order valence-electron chi connectivity index (χ4n) is 3.48. The van der Waals surface area contributed by atoms with Gasteiger partial charge in [0.15, 0.2) is 5.79 Å². The zero-order chi connectivity index (χ0) is 17.5. The summed E-state index contributed by atoms with van der Waals surface area (Å²) in [6, 6.07) is 21.5. The lowest BCUT2D eigenvalue weighted by Crippen LogP contribution is -2.62. The summed E-state index contributed by atoms with van der Waals surface area (Å²) in [7, 11) is -1.83. The maximum atomic E-state index is 6.81. The van der Waals surface area contributed by atoms with E-state index in [4.69, 9.17) is 9.16 Å². The molecule has 0 amide bonds. The second kappa shape index (κ2) is 10.2. The second-order valence-corrected chi connectivity index (χ2v) is 9.16. The number of rotatable bonds is 7. The van der Waals surface area contributed by atoms with Gasteiger partial charge in [0.2, 0.25) is 9.04 Å². The number of nitrogens with one attached hydrogen (secondary N) is 1. The fraction of sp³-hybridized carbons (Fsp3) is 0.429. The molecule has 1 fully saturated rings. The molecule has 1 aliphatic rings. The lowest BCUT2D eigenvalue weighted by atomic mass is 10.0. The van der Waals surface area contributed by atoms with Gasteiger partial charge in [-0.05, 0) is 23.7 Å². The van der Waals surface area contributed by atoms with Crippen LogP contribution in [0.1, 0.15) is 33.1 Å². The average molecular weight is 392 g/mol. The van der Waals surface area contributed by atoms with E-state index in [-0.39, 0.29) is 18.4 Å². The number of ether oxygens (including phenoxy) is 1. The minimum absolute atomic E-state index is 0. The summed E-state index contributed by atoms with van der Waals surface area (Å²) in [5.74, 6) is -0.573. The van der Waals surface area contributed by atoms with Crippen LogP contribution in [-0.2, 0) is 9.16 Å². The summed E-state index contributed by atoms with van der Waals surface area (Å²) in [6.45, 7) is 5.94. The molecular formula is C21H30ClNO2Si. The van der Waals surface area contributed by atoms with Crippen LogP contribution >= 0.6 is 12.4 Å². The molecule has 0 aromatic heterocycles. The molecule has 1 heterocycles. The van der Waals surface area contributed by atoms with E-state index in [9.17, 15) is 0 Å². The highest BCUT2D eigenvalue weighted by molar-refractivity contribution is 6.80. The molecule has 5 heteroatoms. The van der Waals surface area contributed by atoms with Gasteiger partial charge in [0.05, 0.1) is 12.6 Å². The van der Waals surface area contributed by atoms with Crippen molar-refractivity contribution in [2.45, 2.75) is 44.9 Å². The molecule has 0 radical (unpaired) electrons. The zero-order valence-corrected chi connectivity index (χ0v) is 17.7. The number of halogens is 1. The van der Waals surface area contributed by atoms with Gasteiger partial charge in [-0.3, -0.25) is 0 Å². The first kappa shape index (κ1) is 21.1. The third-order valence-corrected chi connectivity index (χ3v) is 7.60. The number of hydrogen-bond donors (Lipinski definition) is 1. The number of unbranched alkanes of at least 4 members (excludes halogenated alkanes) is 1. The molecule has 2 aromatic carbocycles. The zero-order valence-electron chi connectivity index (χ0n) is 15.7. The molecule has 1 N–H and O–H groups in total. The Morgan fingerprint density at radius 1 is 1.08 bits per heavy atom. The molecule has 0 spiro atoms. The van der Waals surface area contributed by atoms with E-state index in [1.807, 2.05) is 0 Å². The van der Waals surface area contributed by atoms with Gasteiger partial charge in [-0.15, -0.1) is 12.4 Å². The summed E-state index contributed by atoms with van der Waals surface area (Å²) in [5, 5.41) is 6.21. The third-order valence-electron chi connectivity index (χ3n) is 4.92. The van der Waals surface area contributed by atoms with Crippen LogP contribution < -0.4 is 15.7 Å². The normalized spacial score (nSPS) is 22.8. The lowest BCUT2D eigenvalue weighted by molar-refractivity contribution is -0.210. The first-order valence-corrected chi connectivity index (χ1v) is 11.0. The molecule has 2 atom stereocenters. The van der Waals surface area contributed by atoms with Crippen molar-refractivity contribution in [1.82, 2.24) is 5.32 Å². The Balaban J connectivity index is 0.00000243. The summed E-state index contributed by atoms with van der Waals surface area (Å²) >= 11 is 0. The van der Waals surface area contributed by atoms with Crippen LogP contribution in [0.3, 0.4) is 0 Å². The smallest absolute Gasteiger partial charge is 0.243 e. The van der Waals surface area contributed by atoms with Crippen molar-refractivity contribution in [1.29, 1.82) is 0 Å². The van der Waals surface area contributed by atoms with Gasteiger partial charge in [-0.1, -0.05) is 80.4 Å². The van der Waals surface area contributed by atoms with E-state index < -0.39 is 14.8 Å². The average Bonchev–Trinajstić information content (AvgIpc) is 2.67. The van der Waals surface area contributed by atoms with Crippen molar-refractivity contribution in [2.24, 2.45) is 0 Å². The van der Waals surface area contributed by atoms with Crippen LogP contribution in [0.4, 0.5) is 0 Å². The topological polar surface area (TPSA) is 30.5 Å². The van der Waals surface area contributed by atoms with Gasteiger partial charge in [0.1, 0.15) is 0 Å². The second-order valence-electron chi connectivity index (χ2n) is 6.83. The van der Waals surface area contributed by atoms with E-state index in [0.29, 0.717) is 6.61 Å². The Morgan fingerprint density at radius 3 is 2.19 bits per heavy atom. The number of hydrogen-bond acceptors (Lipinski definition) is 3. The largest absolute Gasteiger partial charge is 0.383 e. The van der Waals surface area contributed by atoms with Crippen LogP contribution in [0, 0.1) is 0 Å². The molecule has 0 bridgehead atoms. The minimum atomic E-state index is -1.83. The highest BCUT2D eigenvalue weighted by Crippen LogP contribution is 2.25. The predicted octanol–water partition coefficient (Wildman–Crippen LogP) is 2.86. The standard InChI is InChI=1S/C21H29NO2Si.ClH/c1-3-4-15-20-21(2,23-17-16-22-20)24-25(18-11-7-5-8-12-18)19-13-9-6-10-14-19;/h5-14,20,22,25H,3-4,15-17H2,1-2H3;1H/t20?,21-;/m0./s1. The molecule has 3 nitrogen and oxygen atoms in total. The Morgan fingerprint density at radius 2 is 1.65 bits per heavy atom. The van der Waals surface area contributed by atoms with E-state index in [2.05, 4.69) is 79.8 Å². The van der Waals surface area contributed by atoms with Crippen LogP contribution in [0.2, 0.25) is 0 Å². The summed E-state index contributed by atoms with van der Waals surface area (Å²) in [6.07, 6.45) is 3.45. The Hall–Kier alpha value is -1.17. The molecule has 1 saturated heterocycles. The van der Waals surface area contributed by atoms with Crippen LogP contribution in [0.15, 0.2) is 60.7 Å². The van der Waals surface area contributed by atoms with Crippen molar-refractivity contribution < 1.29 is 9.16 Å². The highest BCUT2D eigenvalue weighted by Gasteiger charge is 2.41. The van der Waals surface area contributed by atoms with E-state index >= 15 is 0 Å². The van der Waals surface area contributed by atoms with Gasteiger partial charge < -0.3 is 14.5 Å². The molecule has 0 aliphatic carbocycles. The van der Waals surface area contributed by atoms with Gasteiger partial charge >= 0.3 is 0 Å². The Kier molecular flexibility index (Phi) is 8.32. The van der Waals surface area contributed by atoms with Crippen molar-refractivity contribution in [3.8, 4) is 0 Å². The highest BCUT2D eigenvalue weighted by atomic mass is 35.5. The molecule has 1 aliphatic heterocycles. The molecule has 2 aromatic rings. The molecule has 0 saturated carbocycles. The number of benzene rings is 2. The molecule has 26 heavy (non-hydrogen) atoms. The predicted molar refractivity (Wildman–Crippen MR) is 113 cm³/mol. The molecule has 142 valence electrons. The SMILES string of the molecule is CCCCC1NCCO[C@@]1(C)O[SiH](c1ccccc1)c1ccccc1.Cl. The summed E-state index contributed by atoms with van der Waals surface area (Å²) in [5.41, 5.74) is 0. The summed E-state index contributed by atoms with van der Waals surface area (Å²) in [4.78, 5) is 0. The molecule has 3 rings (SSSR count). The van der Waals surface area contributed by atoms with Gasteiger partial charge in [-0.25, -0.2) is 0 Å². The number of morpholine rings is 1. The monoisotopic (exact) mass is 391 g/mol. The lowest BCUT2D eigenvalue weighted by Gasteiger charge is -2.44.